The van der Waals surface area contributed by atoms with Crippen molar-refractivity contribution in [2.24, 2.45) is 5.92 Å². The summed E-state index contributed by atoms with van der Waals surface area (Å²) in [6.45, 7) is 9.36. The van der Waals surface area contributed by atoms with Crippen LogP contribution in [0.3, 0.4) is 0 Å². The number of carbonyl (C=O) groups excluding carboxylic acids is 1. The van der Waals surface area contributed by atoms with E-state index in [9.17, 15) is 4.79 Å². The van der Waals surface area contributed by atoms with E-state index in [1.807, 2.05) is 39.8 Å². The highest BCUT2D eigenvalue weighted by atomic mass is 16.6. The maximum absolute atomic E-state index is 12.0. The lowest BCUT2D eigenvalue weighted by molar-refractivity contribution is 0.0285. The highest BCUT2D eigenvalue weighted by Gasteiger charge is 2.30. The van der Waals surface area contributed by atoms with E-state index in [1.165, 1.54) is 0 Å². The molecule has 5 heteroatoms. The Bertz CT molecular complexity index is 614. The number of likely N-dealkylation sites (tertiary alicyclic amines) is 1. The van der Waals surface area contributed by atoms with Gasteiger partial charge in [-0.2, -0.15) is 5.26 Å². The summed E-state index contributed by atoms with van der Waals surface area (Å²) in [6, 6.07) is 7.68. The van der Waals surface area contributed by atoms with Crippen LogP contribution in [0.15, 0.2) is 18.2 Å². The smallest absolute Gasteiger partial charge is 0.410 e. The summed E-state index contributed by atoms with van der Waals surface area (Å²) in [5.74, 6) is 0.873. The number of hydrogen-bond acceptors (Lipinski definition) is 4. The third-order valence-corrected chi connectivity index (χ3v) is 3.67. The third kappa shape index (κ3) is 4.88. The lowest BCUT2D eigenvalue weighted by Crippen LogP contribution is -2.35. The minimum Gasteiger partial charge on any atom is -0.492 e. The van der Waals surface area contributed by atoms with Gasteiger partial charge in [0.25, 0.3) is 0 Å². The molecule has 1 unspecified atom stereocenters. The van der Waals surface area contributed by atoms with Gasteiger partial charge in [0, 0.05) is 19.0 Å². The van der Waals surface area contributed by atoms with E-state index in [2.05, 4.69) is 6.07 Å². The van der Waals surface area contributed by atoms with Gasteiger partial charge in [0.15, 0.2) is 0 Å². The number of aryl methyl sites for hydroxylation is 1. The van der Waals surface area contributed by atoms with Crippen molar-refractivity contribution < 1.29 is 14.3 Å². The third-order valence-electron chi connectivity index (χ3n) is 3.67. The van der Waals surface area contributed by atoms with Gasteiger partial charge in [-0.25, -0.2) is 4.79 Å². The van der Waals surface area contributed by atoms with E-state index in [0.29, 0.717) is 31.0 Å². The number of ether oxygens (including phenoxy) is 2. The Morgan fingerprint density at radius 2 is 2.17 bits per heavy atom. The van der Waals surface area contributed by atoms with Gasteiger partial charge in [0.2, 0.25) is 0 Å². The Labute approximate surface area is 137 Å². The van der Waals surface area contributed by atoms with E-state index in [4.69, 9.17) is 14.7 Å². The summed E-state index contributed by atoms with van der Waals surface area (Å²) in [4.78, 5) is 13.8. The molecule has 1 aromatic rings. The molecule has 5 nitrogen and oxygen atoms in total. The van der Waals surface area contributed by atoms with Crippen molar-refractivity contribution in [1.82, 2.24) is 4.90 Å². The molecule has 1 fully saturated rings. The van der Waals surface area contributed by atoms with E-state index in [0.717, 1.165) is 12.0 Å². The number of nitriles is 1. The number of nitrogens with zero attached hydrogens (tertiary/aromatic N) is 2. The molecule has 1 aliphatic heterocycles. The lowest BCUT2D eigenvalue weighted by Gasteiger charge is -2.24. The van der Waals surface area contributed by atoms with Gasteiger partial charge in [0.1, 0.15) is 17.4 Å². The highest BCUT2D eigenvalue weighted by molar-refractivity contribution is 5.68. The van der Waals surface area contributed by atoms with Crippen LogP contribution in [0.25, 0.3) is 0 Å². The molecule has 1 saturated heterocycles. The molecule has 0 aromatic heterocycles. The summed E-state index contributed by atoms with van der Waals surface area (Å²) in [6.07, 6.45) is 0.612. The number of benzene rings is 1. The van der Waals surface area contributed by atoms with Gasteiger partial charge in [-0.3, -0.25) is 0 Å². The minimum absolute atomic E-state index is 0.259. The predicted molar refractivity (Wildman–Crippen MR) is 87.3 cm³/mol. The molecule has 23 heavy (non-hydrogen) atoms. The van der Waals surface area contributed by atoms with Gasteiger partial charge in [-0.1, -0.05) is 6.07 Å². The second-order valence-corrected chi connectivity index (χ2v) is 7.00. The SMILES string of the molecule is Cc1ccc(C#N)c(OCC2CCN(C(=O)OC(C)(C)C)C2)c1. The maximum Gasteiger partial charge on any atom is 0.410 e. The van der Waals surface area contributed by atoms with Crippen LogP contribution in [-0.4, -0.2) is 36.3 Å². The standard InChI is InChI=1S/C18H24N2O3/c1-13-5-6-15(10-19)16(9-13)22-12-14-7-8-20(11-14)17(21)23-18(2,3)4/h5-6,9,14H,7-8,11-12H2,1-4H3. The first-order chi connectivity index (χ1) is 10.8. The molecule has 1 amide bonds. The van der Waals surface area contributed by atoms with Crippen LogP contribution in [0, 0.1) is 24.2 Å². The van der Waals surface area contributed by atoms with Gasteiger partial charge >= 0.3 is 6.09 Å². The molecule has 0 radical (unpaired) electrons. The quantitative estimate of drug-likeness (QED) is 0.856. The molecule has 124 valence electrons. The van der Waals surface area contributed by atoms with Crippen molar-refractivity contribution in [3.8, 4) is 11.8 Å². The zero-order chi connectivity index (χ0) is 17.0. The van der Waals surface area contributed by atoms with E-state index < -0.39 is 5.60 Å². The summed E-state index contributed by atoms with van der Waals surface area (Å²) >= 11 is 0. The molecule has 1 atom stereocenters. The van der Waals surface area contributed by atoms with Gasteiger partial charge < -0.3 is 14.4 Å². The van der Waals surface area contributed by atoms with Crippen LogP contribution >= 0.6 is 0 Å². The van der Waals surface area contributed by atoms with Crippen molar-refractivity contribution in [2.45, 2.75) is 39.7 Å². The van der Waals surface area contributed by atoms with Crippen molar-refractivity contribution in [1.29, 1.82) is 5.26 Å². The van der Waals surface area contributed by atoms with Crippen LogP contribution in [0.1, 0.15) is 38.3 Å². The van der Waals surface area contributed by atoms with Crippen molar-refractivity contribution in [2.75, 3.05) is 19.7 Å². The van der Waals surface area contributed by atoms with Crippen molar-refractivity contribution in [3.63, 3.8) is 0 Å². The Hall–Kier alpha value is -2.22. The number of hydrogen-bond donors (Lipinski definition) is 0. The van der Waals surface area contributed by atoms with Crippen LogP contribution in [0.2, 0.25) is 0 Å². The van der Waals surface area contributed by atoms with E-state index in [1.54, 1.807) is 11.0 Å². The highest BCUT2D eigenvalue weighted by Crippen LogP contribution is 2.23. The Kier molecular flexibility index (Phi) is 5.15. The molecule has 1 heterocycles. The Morgan fingerprint density at radius 1 is 1.43 bits per heavy atom. The van der Waals surface area contributed by atoms with E-state index in [-0.39, 0.29) is 12.0 Å². The van der Waals surface area contributed by atoms with Crippen LogP contribution in [-0.2, 0) is 4.74 Å². The first kappa shape index (κ1) is 17.1. The average molecular weight is 316 g/mol. The molecule has 0 saturated carbocycles. The van der Waals surface area contributed by atoms with E-state index >= 15 is 0 Å². The summed E-state index contributed by atoms with van der Waals surface area (Å²) in [5.41, 5.74) is 1.12. The van der Waals surface area contributed by atoms with Crippen molar-refractivity contribution >= 4 is 6.09 Å². The Balaban J connectivity index is 1.88. The fourth-order valence-electron chi connectivity index (χ4n) is 2.51. The van der Waals surface area contributed by atoms with Crippen LogP contribution in [0.4, 0.5) is 4.79 Å². The number of carbonyl (C=O) groups is 1. The second kappa shape index (κ2) is 6.91. The zero-order valence-corrected chi connectivity index (χ0v) is 14.3. The second-order valence-electron chi connectivity index (χ2n) is 7.00. The lowest BCUT2D eigenvalue weighted by atomic mass is 10.1. The molecule has 1 aliphatic rings. The fraction of sp³-hybridized carbons (Fsp3) is 0.556. The molecular weight excluding hydrogens is 292 g/mol. The van der Waals surface area contributed by atoms with Crippen molar-refractivity contribution in [3.05, 3.63) is 29.3 Å². The molecular formula is C18H24N2O3. The predicted octanol–water partition coefficient (Wildman–Crippen LogP) is 3.50. The molecule has 0 N–H and O–H groups in total. The minimum atomic E-state index is -0.477. The summed E-state index contributed by atoms with van der Waals surface area (Å²) < 4.78 is 11.2. The van der Waals surface area contributed by atoms with Gasteiger partial charge in [-0.05, 0) is 51.8 Å². The zero-order valence-electron chi connectivity index (χ0n) is 14.3. The number of amides is 1. The van der Waals surface area contributed by atoms with Gasteiger partial charge in [0.05, 0.1) is 12.2 Å². The topological polar surface area (TPSA) is 62.6 Å². The first-order valence-electron chi connectivity index (χ1n) is 7.90. The van der Waals surface area contributed by atoms with Gasteiger partial charge in [-0.15, -0.1) is 0 Å². The maximum atomic E-state index is 12.0. The molecule has 1 aromatic carbocycles. The largest absolute Gasteiger partial charge is 0.492 e. The summed E-state index contributed by atoms with van der Waals surface area (Å²) in [7, 11) is 0. The summed E-state index contributed by atoms with van der Waals surface area (Å²) in [5, 5.41) is 9.12. The van der Waals surface area contributed by atoms with Crippen LogP contribution in [0.5, 0.6) is 5.75 Å². The number of rotatable bonds is 3. The van der Waals surface area contributed by atoms with Crippen LogP contribution < -0.4 is 4.74 Å². The molecule has 0 spiro atoms. The normalized spacial score (nSPS) is 17.7. The molecule has 0 bridgehead atoms. The fourth-order valence-corrected chi connectivity index (χ4v) is 2.51. The molecule has 0 aliphatic carbocycles. The Morgan fingerprint density at radius 3 is 2.83 bits per heavy atom. The first-order valence-corrected chi connectivity index (χ1v) is 7.90. The average Bonchev–Trinajstić information content (AvgIpc) is 2.92. The molecule has 2 rings (SSSR count). The monoisotopic (exact) mass is 316 g/mol.